The Morgan fingerprint density at radius 1 is 0.933 bits per heavy atom. The van der Waals surface area contributed by atoms with Crippen LogP contribution in [0.5, 0.6) is 0 Å². The number of carbonyl (C=O) groups excluding carboxylic acids is 2. The maximum Gasteiger partial charge on any atom is 0.228 e. The Bertz CT molecular complexity index is 977. The molecule has 0 bridgehead atoms. The van der Waals surface area contributed by atoms with E-state index in [0.29, 0.717) is 38.2 Å². The number of anilines is 1. The number of hydrogen-bond acceptors (Lipinski definition) is 3. The first-order chi connectivity index (χ1) is 14.7. The Morgan fingerprint density at radius 3 is 2.30 bits per heavy atom. The molecule has 4 rings (SSSR count). The maximum atomic E-state index is 12.6. The Labute approximate surface area is 176 Å². The van der Waals surface area contributed by atoms with Crippen LogP contribution in [0.2, 0.25) is 0 Å². The highest BCUT2D eigenvalue weighted by Crippen LogP contribution is 2.20. The average molecular weight is 402 g/mol. The number of nitrogens with zero attached hydrogens (tertiary/aromatic N) is 3. The number of para-hydroxylation sites is 1. The average Bonchev–Trinajstić information content (AvgIpc) is 3.27. The Kier molecular flexibility index (Phi) is 6.23. The van der Waals surface area contributed by atoms with Gasteiger partial charge < -0.3 is 10.2 Å². The minimum atomic E-state index is -0.0925. The molecule has 0 spiro atoms. The smallest absolute Gasteiger partial charge is 0.228 e. The summed E-state index contributed by atoms with van der Waals surface area (Å²) in [4.78, 5) is 27.0. The van der Waals surface area contributed by atoms with Gasteiger partial charge >= 0.3 is 0 Å². The molecule has 1 N–H and O–H groups in total. The summed E-state index contributed by atoms with van der Waals surface area (Å²) in [6, 6.07) is 21.6. The Hall–Kier alpha value is -3.41. The van der Waals surface area contributed by atoms with Gasteiger partial charge in [-0.15, -0.1) is 0 Å². The summed E-state index contributed by atoms with van der Waals surface area (Å²) in [7, 11) is 0. The van der Waals surface area contributed by atoms with Crippen LogP contribution in [0.15, 0.2) is 72.9 Å². The van der Waals surface area contributed by atoms with E-state index in [1.54, 1.807) is 10.7 Å². The number of benzene rings is 2. The molecule has 1 saturated heterocycles. The zero-order valence-corrected chi connectivity index (χ0v) is 16.9. The number of carbonyl (C=O) groups is 2. The van der Waals surface area contributed by atoms with Gasteiger partial charge in [-0.2, -0.15) is 5.10 Å². The summed E-state index contributed by atoms with van der Waals surface area (Å²) in [6.45, 7) is 1.26. The van der Waals surface area contributed by atoms with Crippen LogP contribution in [-0.2, 0) is 16.0 Å². The first-order valence-corrected chi connectivity index (χ1v) is 10.4. The fourth-order valence-electron chi connectivity index (χ4n) is 3.79. The summed E-state index contributed by atoms with van der Waals surface area (Å²) in [6.07, 6.45) is 4.46. The van der Waals surface area contributed by atoms with Gasteiger partial charge in [0.15, 0.2) is 5.82 Å². The van der Waals surface area contributed by atoms with Crippen molar-refractivity contribution in [2.24, 2.45) is 5.92 Å². The lowest BCUT2D eigenvalue weighted by atomic mass is 9.95. The molecule has 2 aromatic carbocycles. The van der Waals surface area contributed by atoms with Crippen molar-refractivity contribution < 1.29 is 9.59 Å². The zero-order chi connectivity index (χ0) is 20.8. The third-order valence-corrected chi connectivity index (χ3v) is 5.55. The van der Waals surface area contributed by atoms with Gasteiger partial charge in [0.25, 0.3) is 0 Å². The number of amides is 2. The quantitative estimate of drug-likeness (QED) is 0.684. The van der Waals surface area contributed by atoms with E-state index in [4.69, 9.17) is 0 Å². The van der Waals surface area contributed by atoms with E-state index in [1.807, 2.05) is 71.8 Å². The van der Waals surface area contributed by atoms with Crippen LogP contribution < -0.4 is 5.32 Å². The lowest BCUT2D eigenvalue weighted by Gasteiger charge is -2.31. The lowest BCUT2D eigenvalue weighted by Crippen LogP contribution is -2.41. The van der Waals surface area contributed by atoms with Crippen LogP contribution in [0.3, 0.4) is 0 Å². The summed E-state index contributed by atoms with van der Waals surface area (Å²) in [5, 5.41) is 7.35. The normalized spacial score (nSPS) is 14.5. The standard InChI is InChI=1S/C24H26N4O2/c29-23(12-11-19-7-3-1-4-8-19)27-16-13-20(14-17-27)24(30)25-22-15-18-28(26-22)21-9-5-2-6-10-21/h1-10,15,18,20H,11-14,16-17H2,(H,25,26,30). The van der Waals surface area contributed by atoms with Crippen molar-refractivity contribution in [3.8, 4) is 5.69 Å². The van der Waals surface area contributed by atoms with Gasteiger partial charge in [-0.1, -0.05) is 48.5 Å². The van der Waals surface area contributed by atoms with Gasteiger partial charge in [-0.05, 0) is 37.0 Å². The molecule has 30 heavy (non-hydrogen) atoms. The van der Waals surface area contributed by atoms with Gasteiger partial charge in [0.2, 0.25) is 11.8 Å². The van der Waals surface area contributed by atoms with Crippen LogP contribution in [0.25, 0.3) is 5.69 Å². The van der Waals surface area contributed by atoms with E-state index in [1.165, 1.54) is 5.56 Å². The first-order valence-electron chi connectivity index (χ1n) is 10.4. The van der Waals surface area contributed by atoms with Crippen molar-refractivity contribution in [3.05, 3.63) is 78.5 Å². The van der Waals surface area contributed by atoms with Crippen molar-refractivity contribution in [2.45, 2.75) is 25.7 Å². The van der Waals surface area contributed by atoms with E-state index in [0.717, 1.165) is 12.1 Å². The minimum absolute atomic E-state index is 0.0234. The Balaban J connectivity index is 1.24. The van der Waals surface area contributed by atoms with Crippen LogP contribution in [-0.4, -0.2) is 39.6 Å². The monoisotopic (exact) mass is 402 g/mol. The van der Waals surface area contributed by atoms with Crippen molar-refractivity contribution in [1.82, 2.24) is 14.7 Å². The molecule has 2 heterocycles. The number of nitrogens with one attached hydrogen (secondary N) is 1. The van der Waals surface area contributed by atoms with Crippen molar-refractivity contribution in [3.63, 3.8) is 0 Å². The van der Waals surface area contributed by atoms with Gasteiger partial charge in [0.05, 0.1) is 5.69 Å². The van der Waals surface area contributed by atoms with Crippen LogP contribution in [0.1, 0.15) is 24.8 Å². The molecule has 3 aromatic rings. The highest BCUT2D eigenvalue weighted by Gasteiger charge is 2.27. The van der Waals surface area contributed by atoms with Gasteiger partial charge in [-0.25, -0.2) is 4.68 Å². The van der Waals surface area contributed by atoms with Crippen molar-refractivity contribution in [1.29, 1.82) is 0 Å². The molecule has 1 aliphatic heterocycles. The topological polar surface area (TPSA) is 67.2 Å². The van der Waals surface area contributed by atoms with Crippen LogP contribution in [0.4, 0.5) is 5.82 Å². The van der Waals surface area contributed by atoms with E-state index >= 15 is 0 Å². The first kappa shape index (κ1) is 19.9. The van der Waals surface area contributed by atoms with E-state index in [-0.39, 0.29) is 17.7 Å². The molecule has 154 valence electrons. The summed E-state index contributed by atoms with van der Waals surface area (Å²) < 4.78 is 1.74. The molecule has 6 nitrogen and oxygen atoms in total. The number of likely N-dealkylation sites (tertiary alicyclic amines) is 1. The molecule has 0 saturated carbocycles. The predicted molar refractivity (Wildman–Crippen MR) is 116 cm³/mol. The van der Waals surface area contributed by atoms with Crippen molar-refractivity contribution >= 4 is 17.6 Å². The molecule has 1 aliphatic rings. The molecule has 2 amide bonds. The molecule has 0 aliphatic carbocycles. The van der Waals surface area contributed by atoms with Crippen LogP contribution >= 0.6 is 0 Å². The SMILES string of the molecule is O=C(Nc1ccn(-c2ccccc2)n1)C1CCN(C(=O)CCc2ccccc2)CC1. The second-order valence-electron chi connectivity index (χ2n) is 7.61. The van der Waals surface area contributed by atoms with E-state index < -0.39 is 0 Å². The summed E-state index contributed by atoms with van der Waals surface area (Å²) in [5.74, 6) is 0.597. The second kappa shape index (κ2) is 9.39. The van der Waals surface area contributed by atoms with Crippen LogP contribution in [0, 0.1) is 5.92 Å². The largest absolute Gasteiger partial charge is 0.343 e. The minimum Gasteiger partial charge on any atom is -0.343 e. The number of rotatable bonds is 6. The van der Waals surface area contributed by atoms with Gasteiger partial charge in [0, 0.05) is 37.7 Å². The fourth-order valence-corrected chi connectivity index (χ4v) is 3.79. The molecular formula is C24H26N4O2. The maximum absolute atomic E-state index is 12.6. The highest BCUT2D eigenvalue weighted by molar-refractivity contribution is 5.91. The van der Waals surface area contributed by atoms with E-state index in [2.05, 4.69) is 10.4 Å². The predicted octanol–water partition coefficient (Wildman–Crippen LogP) is 3.68. The summed E-state index contributed by atoms with van der Waals surface area (Å²) in [5.41, 5.74) is 2.12. The van der Waals surface area contributed by atoms with Gasteiger partial charge in [0.1, 0.15) is 0 Å². The molecule has 1 aromatic heterocycles. The number of piperidine rings is 1. The van der Waals surface area contributed by atoms with E-state index in [9.17, 15) is 9.59 Å². The number of hydrogen-bond donors (Lipinski definition) is 1. The van der Waals surface area contributed by atoms with Gasteiger partial charge in [-0.3, -0.25) is 9.59 Å². The molecule has 0 radical (unpaired) electrons. The molecule has 0 unspecified atom stereocenters. The Morgan fingerprint density at radius 2 is 1.60 bits per heavy atom. The highest BCUT2D eigenvalue weighted by atomic mass is 16.2. The second-order valence-corrected chi connectivity index (χ2v) is 7.61. The summed E-state index contributed by atoms with van der Waals surface area (Å²) >= 11 is 0. The third-order valence-electron chi connectivity index (χ3n) is 5.55. The zero-order valence-electron chi connectivity index (χ0n) is 16.9. The third kappa shape index (κ3) is 4.95. The number of aromatic nitrogens is 2. The fraction of sp³-hybridized carbons (Fsp3) is 0.292. The molecule has 6 heteroatoms. The molecule has 1 fully saturated rings. The lowest BCUT2D eigenvalue weighted by molar-refractivity contribution is -0.134. The molecule has 0 atom stereocenters. The van der Waals surface area contributed by atoms with Crippen molar-refractivity contribution in [2.75, 3.05) is 18.4 Å². The number of aryl methyl sites for hydroxylation is 1. The molecular weight excluding hydrogens is 376 g/mol.